The van der Waals surface area contributed by atoms with Crippen LogP contribution in [0.5, 0.6) is 0 Å². The number of methoxy groups -OCH3 is 1. The van der Waals surface area contributed by atoms with Crippen molar-refractivity contribution in [3.05, 3.63) is 66.2 Å². The predicted molar refractivity (Wildman–Crippen MR) is 79.1 cm³/mol. The first-order valence-electron chi connectivity index (χ1n) is 6.45. The van der Waals surface area contributed by atoms with E-state index in [4.69, 9.17) is 4.74 Å². The lowest BCUT2D eigenvalue weighted by Crippen LogP contribution is -2.56. The summed E-state index contributed by atoms with van der Waals surface area (Å²) in [4.78, 5) is 13.2. The summed E-state index contributed by atoms with van der Waals surface area (Å²) in [5.41, 5.74) is 1.10. The summed E-state index contributed by atoms with van der Waals surface area (Å²) in [5, 5.41) is 0. The van der Waals surface area contributed by atoms with Gasteiger partial charge in [-0.2, -0.15) is 0 Å². The van der Waals surface area contributed by atoms with Crippen molar-refractivity contribution in [2.45, 2.75) is 17.0 Å². The van der Waals surface area contributed by atoms with E-state index in [0.717, 1.165) is 10.5 Å². The molecule has 4 heteroatoms. The van der Waals surface area contributed by atoms with Crippen molar-refractivity contribution in [3.63, 3.8) is 0 Å². The molecule has 0 spiro atoms. The molecule has 20 heavy (non-hydrogen) atoms. The van der Waals surface area contributed by atoms with Gasteiger partial charge in [0.25, 0.3) is 5.91 Å². The molecule has 0 N–H and O–H groups in total. The quantitative estimate of drug-likeness (QED) is 0.637. The van der Waals surface area contributed by atoms with Crippen molar-refractivity contribution in [2.24, 2.45) is 0 Å². The normalized spacial score (nSPS) is 21.6. The predicted octanol–water partition coefficient (Wildman–Crippen LogP) is 3.29. The highest BCUT2D eigenvalue weighted by molar-refractivity contribution is 7.97. The van der Waals surface area contributed by atoms with Gasteiger partial charge >= 0.3 is 0 Å². The Morgan fingerprint density at radius 2 is 1.60 bits per heavy atom. The number of ether oxygens (including phenoxy) is 1. The minimum atomic E-state index is -0.381. The van der Waals surface area contributed by atoms with Crippen LogP contribution < -0.4 is 0 Å². The molecular formula is C16H15NO2S. The number of rotatable bonds is 4. The maximum atomic E-state index is 12.2. The van der Waals surface area contributed by atoms with Crippen LogP contribution in [-0.4, -0.2) is 23.4 Å². The monoisotopic (exact) mass is 285 g/mol. The molecule has 0 saturated carbocycles. The fourth-order valence-corrected chi connectivity index (χ4v) is 3.37. The number of nitrogens with zero attached hydrogens (tertiary/aromatic N) is 1. The molecule has 1 aliphatic heterocycles. The first-order valence-corrected chi connectivity index (χ1v) is 7.22. The van der Waals surface area contributed by atoms with E-state index in [1.165, 1.54) is 11.9 Å². The van der Waals surface area contributed by atoms with Crippen LogP contribution in [0, 0.1) is 0 Å². The minimum Gasteiger partial charge on any atom is -0.369 e. The Hall–Kier alpha value is -1.78. The molecule has 1 aliphatic rings. The molecule has 0 aliphatic carbocycles. The highest BCUT2D eigenvalue weighted by Gasteiger charge is 2.49. The summed E-state index contributed by atoms with van der Waals surface area (Å²) in [6.07, 6.45) is -0.381. The van der Waals surface area contributed by atoms with Gasteiger partial charge in [0.1, 0.15) is 6.04 Å². The van der Waals surface area contributed by atoms with Gasteiger partial charge < -0.3 is 4.74 Å². The molecule has 0 aromatic heterocycles. The Labute approximate surface area is 122 Å². The highest BCUT2D eigenvalue weighted by atomic mass is 32.2. The molecule has 2 aromatic rings. The molecule has 3 rings (SSSR count). The van der Waals surface area contributed by atoms with Crippen LogP contribution in [0.4, 0.5) is 0 Å². The number of hydrogen-bond donors (Lipinski definition) is 0. The zero-order valence-electron chi connectivity index (χ0n) is 11.1. The second-order valence-corrected chi connectivity index (χ2v) is 5.63. The summed E-state index contributed by atoms with van der Waals surface area (Å²) in [5.74, 6) is 0.0233. The Morgan fingerprint density at radius 3 is 2.20 bits per heavy atom. The van der Waals surface area contributed by atoms with E-state index in [1.54, 1.807) is 11.4 Å². The second kappa shape index (κ2) is 5.69. The molecule has 102 valence electrons. The SMILES string of the molecule is CO[C@H]1C(=O)N(Sc2ccccc2)[C@H]1c1ccccc1. The largest absolute Gasteiger partial charge is 0.369 e. The molecule has 3 nitrogen and oxygen atoms in total. The van der Waals surface area contributed by atoms with E-state index in [2.05, 4.69) is 0 Å². The first-order chi connectivity index (χ1) is 9.81. The van der Waals surface area contributed by atoms with Crippen molar-refractivity contribution < 1.29 is 9.53 Å². The fourth-order valence-electron chi connectivity index (χ4n) is 2.33. The van der Waals surface area contributed by atoms with Crippen LogP contribution in [0.3, 0.4) is 0 Å². The number of hydrogen-bond acceptors (Lipinski definition) is 3. The Morgan fingerprint density at radius 1 is 1.00 bits per heavy atom. The third-order valence-corrected chi connectivity index (χ3v) is 4.43. The summed E-state index contributed by atoms with van der Waals surface area (Å²) >= 11 is 1.46. The lowest BCUT2D eigenvalue weighted by atomic mass is 9.94. The second-order valence-electron chi connectivity index (χ2n) is 4.58. The van der Waals surface area contributed by atoms with Crippen LogP contribution in [0.25, 0.3) is 0 Å². The third-order valence-electron chi connectivity index (χ3n) is 3.34. The van der Waals surface area contributed by atoms with Crippen LogP contribution >= 0.6 is 11.9 Å². The summed E-state index contributed by atoms with van der Waals surface area (Å²) in [6, 6.07) is 19.9. The Bertz CT molecular complexity index is 588. The van der Waals surface area contributed by atoms with Crippen molar-refractivity contribution in [3.8, 4) is 0 Å². The highest BCUT2D eigenvalue weighted by Crippen LogP contribution is 2.43. The summed E-state index contributed by atoms with van der Waals surface area (Å²) in [6.45, 7) is 0. The molecule has 2 aromatic carbocycles. The van der Waals surface area contributed by atoms with E-state index >= 15 is 0 Å². The maximum absolute atomic E-state index is 12.2. The molecule has 0 radical (unpaired) electrons. The van der Waals surface area contributed by atoms with Gasteiger partial charge in [-0.1, -0.05) is 48.5 Å². The zero-order valence-corrected chi connectivity index (χ0v) is 11.9. The van der Waals surface area contributed by atoms with E-state index in [1.807, 2.05) is 60.7 Å². The topological polar surface area (TPSA) is 29.5 Å². The van der Waals surface area contributed by atoms with E-state index in [-0.39, 0.29) is 18.1 Å². The van der Waals surface area contributed by atoms with Gasteiger partial charge in [0, 0.05) is 12.0 Å². The zero-order chi connectivity index (χ0) is 13.9. The van der Waals surface area contributed by atoms with Gasteiger partial charge in [-0.05, 0) is 29.6 Å². The smallest absolute Gasteiger partial charge is 0.265 e. The minimum absolute atomic E-state index is 0.0233. The number of benzene rings is 2. The number of amides is 1. The molecule has 1 fully saturated rings. The molecular weight excluding hydrogens is 270 g/mol. The van der Waals surface area contributed by atoms with Crippen LogP contribution in [0.2, 0.25) is 0 Å². The molecule has 2 atom stereocenters. The van der Waals surface area contributed by atoms with Gasteiger partial charge in [-0.25, -0.2) is 0 Å². The van der Waals surface area contributed by atoms with Gasteiger partial charge in [0.05, 0.1) is 0 Å². The Balaban J connectivity index is 1.84. The molecule has 1 heterocycles. The average Bonchev–Trinajstić information content (AvgIpc) is 2.51. The van der Waals surface area contributed by atoms with Crippen molar-refractivity contribution in [2.75, 3.05) is 7.11 Å². The van der Waals surface area contributed by atoms with Crippen molar-refractivity contribution in [1.82, 2.24) is 4.31 Å². The third kappa shape index (κ3) is 2.32. The van der Waals surface area contributed by atoms with Crippen molar-refractivity contribution >= 4 is 17.9 Å². The van der Waals surface area contributed by atoms with E-state index < -0.39 is 0 Å². The van der Waals surface area contributed by atoms with Crippen molar-refractivity contribution in [1.29, 1.82) is 0 Å². The Kier molecular flexibility index (Phi) is 3.76. The standard InChI is InChI=1S/C16H15NO2S/c1-19-15-14(12-8-4-2-5-9-12)17(16(15)18)20-13-10-6-3-7-11-13/h2-11,14-15H,1H3/t14-,15+/m0/s1. The van der Waals surface area contributed by atoms with Crippen LogP contribution in [0.1, 0.15) is 11.6 Å². The summed E-state index contributed by atoms with van der Waals surface area (Å²) in [7, 11) is 1.59. The summed E-state index contributed by atoms with van der Waals surface area (Å²) < 4.78 is 7.12. The molecule has 1 saturated heterocycles. The fraction of sp³-hybridized carbons (Fsp3) is 0.188. The van der Waals surface area contributed by atoms with Gasteiger partial charge in [-0.3, -0.25) is 9.10 Å². The number of β-lactam (4-membered cyclic amide) rings is 1. The lowest BCUT2D eigenvalue weighted by Gasteiger charge is -2.45. The lowest BCUT2D eigenvalue weighted by molar-refractivity contribution is -0.158. The molecule has 1 amide bonds. The van der Waals surface area contributed by atoms with Crippen LogP contribution in [-0.2, 0) is 9.53 Å². The average molecular weight is 285 g/mol. The number of carbonyl (C=O) groups is 1. The van der Waals surface area contributed by atoms with Gasteiger partial charge in [0.2, 0.25) is 0 Å². The van der Waals surface area contributed by atoms with Crippen LogP contribution in [0.15, 0.2) is 65.6 Å². The maximum Gasteiger partial charge on any atom is 0.265 e. The molecule has 0 bridgehead atoms. The first kappa shape index (κ1) is 13.2. The van der Waals surface area contributed by atoms with E-state index in [0.29, 0.717) is 0 Å². The number of carbonyl (C=O) groups excluding carboxylic acids is 1. The van der Waals surface area contributed by atoms with Gasteiger partial charge in [0.15, 0.2) is 6.10 Å². The van der Waals surface area contributed by atoms with Gasteiger partial charge in [-0.15, -0.1) is 0 Å². The molecule has 0 unspecified atom stereocenters. The van der Waals surface area contributed by atoms with E-state index in [9.17, 15) is 4.79 Å².